The SMILES string of the molecule is CCOC(=O)C1=C(C)N=c2s/c(=C/c3sccc3C)c(=O)n2[C@H]1c1cccc(OC)c1OCC. The lowest BCUT2D eigenvalue weighted by atomic mass is 9.94. The summed E-state index contributed by atoms with van der Waals surface area (Å²) in [6.07, 6.45) is 1.89. The molecule has 0 aliphatic carbocycles. The topological polar surface area (TPSA) is 79.1 Å². The van der Waals surface area contributed by atoms with Gasteiger partial charge in [-0.1, -0.05) is 23.5 Å². The second kappa shape index (κ2) is 9.99. The Hall–Kier alpha value is -3.17. The lowest BCUT2D eigenvalue weighted by Crippen LogP contribution is -2.40. The molecule has 0 spiro atoms. The summed E-state index contributed by atoms with van der Waals surface area (Å²) in [7, 11) is 1.56. The van der Waals surface area contributed by atoms with Crippen LogP contribution in [0.2, 0.25) is 0 Å². The van der Waals surface area contributed by atoms with Gasteiger partial charge in [0.25, 0.3) is 5.56 Å². The number of carbonyl (C=O) groups excluding carboxylic acids is 1. The van der Waals surface area contributed by atoms with Gasteiger partial charge in [0.2, 0.25) is 0 Å². The number of aromatic nitrogens is 1. The fourth-order valence-electron chi connectivity index (χ4n) is 3.94. The molecule has 1 aliphatic rings. The lowest BCUT2D eigenvalue weighted by molar-refractivity contribution is -0.139. The molecule has 1 aliphatic heterocycles. The van der Waals surface area contributed by atoms with Crippen LogP contribution >= 0.6 is 22.7 Å². The average Bonchev–Trinajstić information content (AvgIpc) is 3.35. The molecule has 3 heterocycles. The van der Waals surface area contributed by atoms with E-state index in [0.717, 1.165) is 10.4 Å². The van der Waals surface area contributed by atoms with Crippen LogP contribution in [0.1, 0.15) is 42.8 Å². The molecule has 0 bridgehead atoms. The number of carbonyl (C=O) groups is 1. The highest BCUT2D eigenvalue weighted by Crippen LogP contribution is 2.40. The number of para-hydroxylation sites is 1. The van der Waals surface area contributed by atoms with Crippen molar-refractivity contribution < 1.29 is 19.0 Å². The highest BCUT2D eigenvalue weighted by Gasteiger charge is 2.35. The summed E-state index contributed by atoms with van der Waals surface area (Å²) in [5.74, 6) is 0.494. The van der Waals surface area contributed by atoms with Crippen molar-refractivity contribution in [3.63, 3.8) is 0 Å². The second-order valence-corrected chi connectivity index (χ2v) is 9.54. The zero-order chi connectivity index (χ0) is 24.4. The molecule has 0 fully saturated rings. The Morgan fingerprint density at radius 1 is 1.21 bits per heavy atom. The van der Waals surface area contributed by atoms with Crippen LogP contribution in [-0.4, -0.2) is 30.9 Å². The first-order valence-electron chi connectivity index (χ1n) is 10.9. The number of ether oxygens (including phenoxy) is 3. The van der Waals surface area contributed by atoms with E-state index in [0.29, 0.717) is 44.3 Å². The van der Waals surface area contributed by atoms with Gasteiger partial charge in [-0.15, -0.1) is 11.3 Å². The summed E-state index contributed by atoms with van der Waals surface area (Å²) in [6, 6.07) is 6.71. The number of allylic oxidation sites excluding steroid dienone is 1. The maximum atomic E-state index is 13.7. The lowest BCUT2D eigenvalue weighted by Gasteiger charge is -2.26. The fraction of sp³-hybridized carbons (Fsp3) is 0.320. The summed E-state index contributed by atoms with van der Waals surface area (Å²) in [5, 5.41) is 1.99. The first kappa shape index (κ1) is 24.0. The monoisotopic (exact) mass is 498 g/mol. The summed E-state index contributed by atoms with van der Waals surface area (Å²) in [5.41, 5.74) is 2.33. The van der Waals surface area contributed by atoms with Gasteiger partial charge in [0.15, 0.2) is 16.3 Å². The van der Waals surface area contributed by atoms with Crippen LogP contribution in [0, 0.1) is 6.92 Å². The first-order valence-corrected chi connectivity index (χ1v) is 12.6. The molecule has 1 atom stereocenters. The molecular formula is C25H26N2O5S2. The quantitative estimate of drug-likeness (QED) is 0.466. The average molecular weight is 499 g/mol. The van der Waals surface area contributed by atoms with Crippen molar-refractivity contribution in [1.29, 1.82) is 0 Å². The number of thiophene rings is 1. The van der Waals surface area contributed by atoms with E-state index in [2.05, 4.69) is 4.99 Å². The molecule has 0 amide bonds. The van der Waals surface area contributed by atoms with Crippen molar-refractivity contribution in [2.24, 2.45) is 4.99 Å². The van der Waals surface area contributed by atoms with Crippen LogP contribution in [0.4, 0.5) is 0 Å². The van der Waals surface area contributed by atoms with E-state index < -0.39 is 12.0 Å². The molecule has 0 N–H and O–H groups in total. The number of fused-ring (bicyclic) bond motifs is 1. The molecule has 0 saturated carbocycles. The van der Waals surface area contributed by atoms with Gasteiger partial charge in [0.1, 0.15) is 6.04 Å². The number of hydrogen-bond acceptors (Lipinski definition) is 8. The number of esters is 1. The normalized spacial score (nSPS) is 15.7. The molecule has 34 heavy (non-hydrogen) atoms. The zero-order valence-corrected chi connectivity index (χ0v) is 21.3. The third-order valence-electron chi connectivity index (χ3n) is 5.49. The summed E-state index contributed by atoms with van der Waals surface area (Å²) < 4.78 is 19.0. The predicted octanol–water partition coefficient (Wildman–Crippen LogP) is 3.58. The molecule has 9 heteroatoms. The maximum absolute atomic E-state index is 13.7. The number of nitrogens with zero attached hydrogens (tertiary/aromatic N) is 2. The van der Waals surface area contributed by atoms with E-state index >= 15 is 0 Å². The smallest absolute Gasteiger partial charge is 0.338 e. The van der Waals surface area contributed by atoms with Gasteiger partial charge in [0.05, 0.1) is 36.1 Å². The number of hydrogen-bond donors (Lipinski definition) is 0. The van der Waals surface area contributed by atoms with E-state index in [-0.39, 0.29) is 12.2 Å². The van der Waals surface area contributed by atoms with Crippen LogP contribution < -0.4 is 24.4 Å². The number of benzene rings is 1. The van der Waals surface area contributed by atoms with Gasteiger partial charge in [0, 0.05) is 10.4 Å². The molecule has 7 nitrogen and oxygen atoms in total. The number of rotatable bonds is 7. The highest BCUT2D eigenvalue weighted by atomic mass is 32.1. The van der Waals surface area contributed by atoms with E-state index in [1.54, 1.807) is 42.9 Å². The Morgan fingerprint density at radius 3 is 2.65 bits per heavy atom. The molecular weight excluding hydrogens is 472 g/mol. The third-order valence-corrected chi connectivity index (χ3v) is 7.44. The minimum atomic E-state index is -0.765. The van der Waals surface area contributed by atoms with E-state index in [9.17, 15) is 9.59 Å². The van der Waals surface area contributed by atoms with Gasteiger partial charge >= 0.3 is 5.97 Å². The molecule has 0 unspecified atom stereocenters. The van der Waals surface area contributed by atoms with Gasteiger partial charge in [-0.2, -0.15) is 0 Å². The van der Waals surface area contributed by atoms with Crippen molar-refractivity contribution in [2.75, 3.05) is 20.3 Å². The largest absolute Gasteiger partial charge is 0.493 e. The molecule has 4 rings (SSSR count). The Morgan fingerprint density at radius 2 is 2.00 bits per heavy atom. The van der Waals surface area contributed by atoms with Crippen LogP contribution in [0.3, 0.4) is 0 Å². The van der Waals surface area contributed by atoms with E-state index in [4.69, 9.17) is 14.2 Å². The van der Waals surface area contributed by atoms with Crippen molar-refractivity contribution in [3.05, 3.63) is 76.6 Å². The van der Waals surface area contributed by atoms with Crippen LogP contribution in [0.15, 0.2) is 50.7 Å². The van der Waals surface area contributed by atoms with E-state index in [1.165, 1.54) is 11.3 Å². The second-order valence-electron chi connectivity index (χ2n) is 7.58. The molecule has 2 aromatic heterocycles. The molecule has 1 aromatic carbocycles. The Balaban J connectivity index is 2.03. The molecule has 0 saturated heterocycles. The fourth-order valence-corrected chi connectivity index (χ4v) is 5.91. The van der Waals surface area contributed by atoms with Crippen molar-refractivity contribution in [3.8, 4) is 11.5 Å². The highest BCUT2D eigenvalue weighted by molar-refractivity contribution is 7.11. The summed E-state index contributed by atoms with van der Waals surface area (Å²) >= 11 is 2.88. The Kier molecular flexibility index (Phi) is 7.04. The van der Waals surface area contributed by atoms with Crippen LogP contribution in [0.25, 0.3) is 6.08 Å². The number of aryl methyl sites for hydroxylation is 1. The molecule has 0 radical (unpaired) electrons. The Bertz CT molecular complexity index is 1440. The van der Waals surface area contributed by atoms with Crippen molar-refractivity contribution in [1.82, 2.24) is 4.57 Å². The maximum Gasteiger partial charge on any atom is 0.338 e. The minimum absolute atomic E-state index is 0.209. The van der Waals surface area contributed by atoms with E-state index in [1.807, 2.05) is 43.5 Å². The van der Waals surface area contributed by atoms with Gasteiger partial charge in [-0.25, -0.2) is 9.79 Å². The first-order chi connectivity index (χ1) is 16.4. The van der Waals surface area contributed by atoms with Gasteiger partial charge < -0.3 is 14.2 Å². The van der Waals surface area contributed by atoms with Crippen LogP contribution in [-0.2, 0) is 9.53 Å². The molecule has 3 aromatic rings. The standard InChI is InChI=1S/C25H26N2O5S2/c1-6-31-22-16(9-8-10-17(22)30-5)21-20(24(29)32-7-2)15(4)26-25-27(21)23(28)19(34-25)13-18-14(3)11-12-33-18/h8-13,21H,6-7H2,1-5H3/b19-13+/t21-/m0/s1. The van der Waals surface area contributed by atoms with Gasteiger partial charge in [-0.05, 0) is 56.8 Å². The Labute approximate surface area is 205 Å². The molecule has 178 valence electrons. The van der Waals surface area contributed by atoms with Crippen molar-refractivity contribution >= 4 is 34.7 Å². The third kappa shape index (κ3) is 4.21. The number of thiazole rings is 1. The number of methoxy groups -OCH3 is 1. The minimum Gasteiger partial charge on any atom is -0.493 e. The van der Waals surface area contributed by atoms with Crippen LogP contribution in [0.5, 0.6) is 11.5 Å². The predicted molar refractivity (Wildman–Crippen MR) is 134 cm³/mol. The van der Waals surface area contributed by atoms with Gasteiger partial charge in [-0.3, -0.25) is 9.36 Å². The summed E-state index contributed by atoms with van der Waals surface area (Å²) in [4.78, 5) is 33.0. The zero-order valence-electron chi connectivity index (χ0n) is 19.7. The summed E-state index contributed by atoms with van der Waals surface area (Å²) in [6.45, 7) is 8.00. The van der Waals surface area contributed by atoms with Crippen molar-refractivity contribution in [2.45, 2.75) is 33.7 Å².